The zero-order valence-corrected chi connectivity index (χ0v) is 12.6. The first-order valence-electron chi connectivity index (χ1n) is 6.38. The first-order valence-corrected chi connectivity index (χ1v) is 7.32. The predicted octanol–water partition coefficient (Wildman–Crippen LogP) is 0.935. The van der Waals surface area contributed by atoms with Gasteiger partial charge in [0.15, 0.2) is 0 Å². The molecule has 8 heteroatoms. The van der Waals surface area contributed by atoms with Gasteiger partial charge in [-0.25, -0.2) is 0 Å². The Morgan fingerprint density at radius 1 is 1.43 bits per heavy atom. The monoisotopic (exact) mass is 308 g/mol. The van der Waals surface area contributed by atoms with Crippen molar-refractivity contribution in [2.45, 2.75) is 12.8 Å². The molecule has 0 bridgehead atoms. The minimum atomic E-state index is -0.222. The van der Waals surface area contributed by atoms with Crippen molar-refractivity contribution in [3.63, 3.8) is 0 Å². The largest absolute Gasteiger partial charge is 0.347 e. The molecule has 2 amide bonds. The van der Waals surface area contributed by atoms with E-state index in [9.17, 15) is 9.59 Å². The summed E-state index contributed by atoms with van der Waals surface area (Å²) in [6, 6.07) is 1.90. The minimum Gasteiger partial charge on any atom is -0.347 e. The lowest BCUT2D eigenvalue weighted by atomic mass is 10.3. The lowest BCUT2D eigenvalue weighted by molar-refractivity contribution is -0.130. The fourth-order valence-corrected chi connectivity index (χ4v) is 2.14. The molecular weight excluding hydrogens is 292 g/mol. The number of nitrogens with zero attached hydrogens (tertiary/aromatic N) is 3. The van der Waals surface area contributed by atoms with E-state index in [1.165, 1.54) is 4.90 Å². The van der Waals surface area contributed by atoms with Crippen LogP contribution in [0.15, 0.2) is 21.3 Å². The number of aryl methyl sites for hydroxylation is 1. The van der Waals surface area contributed by atoms with Gasteiger partial charge in [-0.3, -0.25) is 9.59 Å². The number of hydrogen-bond donors (Lipinski definition) is 1. The van der Waals surface area contributed by atoms with Gasteiger partial charge in [-0.2, -0.15) is 16.3 Å². The van der Waals surface area contributed by atoms with Gasteiger partial charge in [0, 0.05) is 37.9 Å². The number of nitrogens with one attached hydrogen (secondary N) is 1. The third-order valence-electron chi connectivity index (χ3n) is 2.75. The summed E-state index contributed by atoms with van der Waals surface area (Å²) in [6.07, 6.45) is 0.547. The van der Waals surface area contributed by atoms with Crippen LogP contribution in [0.3, 0.4) is 0 Å². The van der Waals surface area contributed by atoms with Crippen molar-refractivity contribution < 1.29 is 14.1 Å². The Bertz CT molecular complexity index is 607. The molecule has 0 spiro atoms. The summed E-state index contributed by atoms with van der Waals surface area (Å²) < 4.78 is 5.09. The van der Waals surface area contributed by atoms with E-state index in [0.29, 0.717) is 18.1 Å². The van der Waals surface area contributed by atoms with Crippen molar-refractivity contribution in [2.24, 2.45) is 0 Å². The Kier molecular flexibility index (Phi) is 5.04. The highest BCUT2D eigenvalue weighted by molar-refractivity contribution is 7.08. The third-order valence-corrected chi connectivity index (χ3v) is 3.43. The fraction of sp³-hybridized carbons (Fsp3) is 0.385. The number of thiophene rings is 1. The van der Waals surface area contributed by atoms with Gasteiger partial charge in [-0.1, -0.05) is 5.16 Å². The van der Waals surface area contributed by atoms with Crippen LogP contribution in [-0.2, 0) is 16.0 Å². The van der Waals surface area contributed by atoms with E-state index < -0.39 is 0 Å². The van der Waals surface area contributed by atoms with E-state index in [2.05, 4.69) is 15.5 Å². The highest BCUT2D eigenvalue weighted by Crippen LogP contribution is 2.18. The SMILES string of the molecule is CN(C)C(=O)CNC(=O)CCc1nc(-c2ccsc2)no1. The third kappa shape index (κ3) is 4.38. The number of rotatable bonds is 6. The second kappa shape index (κ2) is 6.98. The van der Waals surface area contributed by atoms with Crippen LogP contribution in [0.1, 0.15) is 12.3 Å². The zero-order chi connectivity index (χ0) is 15.2. The maximum Gasteiger partial charge on any atom is 0.241 e. The molecule has 0 aromatic carbocycles. The van der Waals surface area contributed by atoms with Gasteiger partial charge < -0.3 is 14.7 Å². The highest BCUT2D eigenvalue weighted by atomic mass is 32.1. The molecule has 1 N–H and O–H groups in total. The molecule has 0 saturated heterocycles. The molecular formula is C13H16N4O3S. The number of carbonyl (C=O) groups excluding carboxylic acids is 2. The van der Waals surface area contributed by atoms with E-state index in [1.807, 2.05) is 16.8 Å². The predicted molar refractivity (Wildman–Crippen MR) is 77.6 cm³/mol. The lowest BCUT2D eigenvalue weighted by Gasteiger charge is -2.10. The Morgan fingerprint density at radius 2 is 2.24 bits per heavy atom. The lowest BCUT2D eigenvalue weighted by Crippen LogP contribution is -2.36. The normalized spacial score (nSPS) is 10.4. The molecule has 112 valence electrons. The van der Waals surface area contributed by atoms with Gasteiger partial charge in [0.25, 0.3) is 0 Å². The number of aromatic nitrogens is 2. The topological polar surface area (TPSA) is 88.3 Å². The quantitative estimate of drug-likeness (QED) is 0.858. The number of hydrogen-bond acceptors (Lipinski definition) is 6. The molecule has 2 aromatic heterocycles. The van der Waals surface area contributed by atoms with Gasteiger partial charge >= 0.3 is 0 Å². The van der Waals surface area contributed by atoms with Crippen molar-refractivity contribution >= 4 is 23.2 Å². The molecule has 0 aliphatic rings. The summed E-state index contributed by atoms with van der Waals surface area (Å²) in [5, 5.41) is 10.3. The van der Waals surface area contributed by atoms with Crippen molar-refractivity contribution in [2.75, 3.05) is 20.6 Å². The van der Waals surface area contributed by atoms with E-state index >= 15 is 0 Å². The molecule has 2 rings (SSSR count). The summed E-state index contributed by atoms with van der Waals surface area (Å²) in [4.78, 5) is 28.6. The second-order valence-electron chi connectivity index (χ2n) is 4.59. The second-order valence-corrected chi connectivity index (χ2v) is 5.37. The van der Waals surface area contributed by atoms with Crippen LogP contribution in [0, 0.1) is 0 Å². The smallest absolute Gasteiger partial charge is 0.241 e. The van der Waals surface area contributed by atoms with E-state index in [-0.39, 0.29) is 24.8 Å². The van der Waals surface area contributed by atoms with Crippen molar-refractivity contribution in [1.82, 2.24) is 20.4 Å². The molecule has 0 unspecified atom stereocenters. The average Bonchev–Trinajstić information content (AvgIpc) is 3.12. The summed E-state index contributed by atoms with van der Waals surface area (Å²) in [5.41, 5.74) is 0.899. The Balaban J connectivity index is 1.78. The van der Waals surface area contributed by atoms with Crippen LogP contribution in [0.25, 0.3) is 11.4 Å². The fourth-order valence-electron chi connectivity index (χ4n) is 1.51. The standard InChI is InChI=1S/C13H16N4O3S/c1-17(2)12(19)7-14-10(18)3-4-11-15-13(16-20-11)9-5-6-21-8-9/h5-6,8H,3-4,7H2,1-2H3,(H,14,18). The van der Waals surface area contributed by atoms with Crippen molar-refractivity contribution in [1.29, 1.82) is 0 Å². The van der Waals surface area contributed by atoms with Crippen LogP contribution >= 0.6 is 11.3 Å². The van der Waals surface area contributed by atoms with Gasteiger partial charge in [0.2, 0.25) is 23.5 Å². The average molecular weight is 308 g/mol. The Labute approximate surface area is 126 Å². The van der Waals surface area contributed by atoms with Gasteiger partial charge in [-0.15, -0.1) is 0 Å². The van der Waals surface area contributed by atoms with Crippen LogP contribution in [0.2, 0.25) is 0 Å². The summed E-state index contributed by atoms with van der Waals surface area (Å²) >= 11 is 1.55. The van der Waals surface area contributed by atoms with Crippen LogP contribution in [0.5, 0.6) is 0 Å². The molecule has 0 fully saturated rings. The molecule has 2 aromatic rings. The van der Waals surface area contributed by atoms with Gasteiger partial charge in [-0.05, 0) is 11.4 Å². The first kappa shape index (κ1) is 15.2. The molecule has 0 aliphatic heterocycles. The molecule has 0 aliphatic carbocycles. The van der Waals surface area contributed by atoms with Gasteiger partial charge in [0.05, 0.1) is 6.54 Å². The number of amides is 2. The van der Waals surface area contributed by atoms with Crippen molar-refractivity contribution in [3.05, 3.63) is 22.7 Å². The molecule has 7 nitrogen and oxygen atoms in total. The molecule has 21 heavy (non-hydrogen) atoms. The van der Waals surface area contributed by atoms with Crippen LogP contribution in [-0.4, -0.2) is 47.5 Å². The summed E-state index contributed by atoms with van der Waals surface area (Å²) in [5.74, 6) is 0.557. The first-order chi connectivity index (χ1) is 10.1. The number of likely N-dealkylation sites (N-methyl/N-ethyl adjacent to an activating group) is 1. The van der Waals surface area contributed by atoms with E-state index in [0.717, 1.165) is 5.56 Å². The zero-order valence-electron chi connectivity index (χ0n) is 11.8. The molecule has 0 atom stereocenters. The van der Waals surface area contributed by atoms with Crippen LogP contribution < -0.4 is 5.32 Å². The maximum absolute atomic E-state index is 11.6. The Hall–Kier alpha value is -2.22. The molecule has 0 radical (unpaired) electrons. The maximum atomic E-state index is 11.6. The van der Waals surface area contributed by atoms with Gasteiger partial charge in [0.1, 0.15) is 0 Å². The van der Waals surface area contributed by atoms with Crippen LogP contribution in [0.4, 0.5) is 0 Å². The molecule has 0 saturated carbocycles. The van der Waals surface area contributed by atoms with Crippen molar-refractivity contribution in [3.8, 4) is 11.4 Å². The van der Waals surface area contributed by atoms with E-state index in [4.69, 9.17) is 4.52 Å². The summed E-state index contributed by atoms with van der Waals surface area (Å²) in [6.45, 7) is -0.00415. The molecule has 2 heterocycles. The Morgan fingerprint density at radius 3 is 2.90 bits per heavy atom. The minimum absolute atomic E-state index is 0.00415. The summed E-state index contributed by atoms with van der Waals surface area (Å²) in [7, 11) is 3.28. The van der Waals surface area contributed by atoms with E-state index in [1.54, 1.807) is 25.4 Å². The highest BCUT2D eigenvalue weighted by Gasteiger charge is 2.12. The number of carbonyl (C=O) groups is 2.